The Morgan fingerprint density at radius 2 is 1.89 bits per heavy atom. The van der Waals surface area contributed by atoms with Crippen LogP contribution in [0.5, 0.6) is 11.5 Å². The minimum atomic E-state index is -0.397. The van der Waals surface area contributed by atoms with Crippen LogP contribution in [0.25, 0.3) is 11.3 Å². The van der Waals surface area contributed by atoms with Gasteiger partial charge in [0.2, 0.25) is 0 Å². The van der Waals surface area contributed by atoms with Gasteiger partial charge in [0, 0.05) is 11.1 Å². The standard InChI is InChI=1S/C20H20FN3O3/c1-4-16-19(22-20(25)12-5-7-13(21)8-6-12)18(24-23-16)15-11-14(26-2)9-10-17(15)27-3/h5-11H,4H2,1-3H3,(H,22,25)(H,23,24). The molecule has 0 radical (unpaired) electrons. The Morgan fingerprint density at radius 1 is 1.15 bits per heavy atom. The maximum atomic E-state index is 13.1. The number of hydrogen-bond donors (Lipinski definition) is 2. The molecule has 2 N–H and O–H groups in total. The first-order chi connectivity index (χ1) is 13.1. The van der Waals surface area contributed by atoms with Gasteiger partial charge in [-0.25, -0.2) is 4.39 Å². The average molecular weight is 369 g/mol. The highest BCUT2D eigenvalue weighted by Gasteiger charge is 2.20. The summed E-state index contributed by atoms with van der Waals surface area (Å²) in [5.41, 5.74) is 2.90. The minimum Gasteiger partial charge on any atom is -0.497 e. The molecule has 2 aromatic carbocycles. The third kappa shape index (κ3) is 3.76. The smallest absolute Gasteiger partial charge is 0.255 e. The fourth-order valence-electron chi connectivity index (χ4n) is 2.75. The molecular weight excluding hydrogens is 349 g/mol. The predicted octanol–water partition coefficient (Wildman–Crippen LogP) is 4.05. The third-order valence-electron chi connectivity index (χ3n) is 4.20. The van der Waals surface area contributed by atoms with Crippen LogP contribution in [0.15, 0.2) is 42.5 Å². The van der Waals surface area contributed by atoms with Gasteiger partial charge < -0.3 is 14.8 Å². The lowest BCUT2D eigenvalue weighted by Crippen LogP contribution is -2.13. The predicted molar refractivity (Wildman–Crippen MR) is 101 cm³/mol. The lowest BCUT2D eigenvalue weighted by molar-refractivity contribution is 0.102. The highest BCUT2D eigenvalue weighted by atomic mass is 19.1. The Hall–Kier alpha value is -3.35. The number of aromatic amines is 1. The third-order valence-corrected chi connectivity index (χ3v) is 4.20. The van der Waals surface area contributed by atoms with Gasteiger partial charge in [0.05, 0.1) is 25.6 Å². The van der Waals surface area contributed by atoms with Crippen molar-refractivity contribution in [3.05, 3.63) is 59.5 Å². The van der Waals surface area contributed by atoms with Crippen molar-refractivity contribution in [2.24, 2.45) is 0 Å². The van der Waals surface area contributed by atoms with Crippen molar-refractivity contribution in [1.29, 1.82) is 0 Å². The summed E-state index contributed by atoms with van der Waals surface area (Å²) in [5.74, 6) is 0.491. The highest BCUT2D eigenvalue weighted by molar-refractivity contribution is 6.06. The molecule has 140 valence electrons. The van der Waals surface area contributed by atoms with Crippen molar-refractivity contribution < 1.29 is 18.7 Å². The van der Waals surface area contributed by atoms with E-state index in [1.165, 1.54) is 24.3 Å². The molecule has 0 fully saturated rings. The van der Waals surface area contributed by atoms with Gasteiger partial charge in [-0.2, -0.15) is 5.10 Å². The molecule has 1 heterocycles. The number of anilines is 1. The van der Waals surface area contributed by atoms with Crippen LogP contribution in [0.2, 0.25) is 0 Å². The number of aryl methyl sites for hydroxylation is 1. The number of carbonyl (C=O) groups is 1. The number of nitrogens with one attached hydrogen (secondary N) is 2. The first-order valence-electron chi connectivity index (χ1n) is 8.44. The number of rotatable bonds is 6. The molecule has 0 aliphatic carbocycles. The van der Waals surface area contributed by atoms with Gasteiger partial charge >= 0.3 is 0 Å². The Kier molecular flexibility index (Phi) is 5.40. The fourth-order valence-corrected chi connectivity index (χ4v) is 2.75. The number of aromatic nitrogens is 2. The summed E-state index contributed by atoms with van der Waals surface area (Å²) in [6.45, 7) is 1.95. The molecule has 0 unspecified atom stereocenters. The fraction of sp³-hybridized carbons (Fsp3) is 0.200. The van der Waals surface area contributed by atoms with E-state index >= 15 is 0 Å². The maximum absolute atomic E-state index is 13.1. The number of methoxy groups -OCH3 is 2. The molecule has 7 heteroatoms. The highest BCUT2D eigenvalue weighted by Crippen LogP contribution is 2.37. The Morgan fingerprint density at radius 3 is 2.52 bits per heavy atom. The first-order valence-corrected chi connectivity index (χ1v) is 8.44. The zero-order valence-electron chi connectivity index (χ0n) is 15.3. The van der Waals surface area contributed by atoms with E-state index in [2.05, 4.69) is 15.5 Å². The van der Waals surface area contributed by atoms with Crippen molar-refractivity contribution in [2.75, 3.05) is 19.5 Å². The molecule has 0 saturated carbocycles. The summed E-state index contributed by atoms with van der Waals surface area (Å²) in [6, 6.07) is 10.7. The summed E-state index contributed by atoms with van der Waals surface area (Å²) in [7, 11) is 3.14. The number of nitrogens with zero attached hydrogens (tertiary/aromatic N) is 1. The van der Waals surface area contributed by atoms with Crippen LogP contribution in [0.1, 0.15) is 23.0 Å². The lowest BCUT2D eigenvalue weighted by atomic mass is 10.1. The number of carbonyl (C=O) groups excluding carboxylic acids is 1. The molecule has 0 atom stereocenters. The van der Waals surface area contributed by atoms with E-state index in [1.807, 2.05) is 6.92 Å². The van der Waals surface area contributed by atoms with E-state index in [1.54, 1.807) is 32.4 Å². The van der Waals surface area contributed by atoms with Crippen molar-refractivity contribution in [1.82, 2.24) is 10.2 Å². The SMILES string of the molecule is CCc1[nH]nc(-c2cc(OC)ccc2OC)c1NC(=O)c1ccc(F)cc1. The Balaban J connectivity index is 2.03. The van der Waals surface area contributed by atoms with Gasteiger partial charge in [0.1, 0.15) is 23.0 Å². The van der Waals surface area contributed by atoms with Crippen LogP contribution in [0, 0.1) is 5.82 Å². The maximum Gasteiger partial charge on any atom is 0.255 e. The van der Waals surface area contributed by atoms with E-state index in [-0.39, 0.29) is 5.91 Å². The van der Waals surface area contributed by atoms with Crippen LogP contribution in [0.4, 0.5) is 10.1 Å². The molecule has 0 spiro atoms. The number of hydrogen-bond acceptors (Lipinski definition) is 4. The van der Waals surface area contributed by atoms with Gasteiger partial charge in [0.15, 0.2) is 0 Å². The van der Waals surface area contributed by atoms with Crippen molar-refractivity contribution >= 4 is 11.6 Å². The van der Waals surface area contributed by atoms with Crippen LogP contribution >= 0.6 is 0 Å². The van der Waals surface area contributed by atoms with Gasteiger partial charge in [-0.05, 0) is 48.9 Å². The van der Waals surface area contributed by atoms with E-state index in [9.17, 15) is 9.18 Å². The Bertz CT molecular complexity index is 952. The van der Waals surface area contributed by atoms with E-state index in [0.29, 0.717) is 40.4 Å². The second-order valence-electron chi connectivity index (χ2n) is 5.81. The van der Waals surface area contributed by atoms with Crippen LogP contribution in [-0.4, -0.2) is 30.3 Å². The number of amides is 1. The molecule has 1 amide bonds. The van der Waals surface area contributed by atoms with Gasteiger partial charge in [-0.15, -0.1) is 0 Å². The van der Waals surface area contributed by atoms with Crippen molar-refractivity contribution in [3.63, 3.8) is 0 Å². The molecule has 0 aliphatic rings. The van der Waals surface area contributed by atoms with E-state index in [4.69, 9.17) is 9.47 Å². The number of benzene rings is 2. The quantitative estimate of drug-likeness (QED) is 0.687. The topological polar surface area (TPSA) is 76.2 Å². The number of ether oxygens (including phenoxy) is 2. The second kappa shape index (κ2) is 7.90. The molecule has 3 aromatic rings. The molecule has 0 bridgehead atoms. The molecule has 6 nitrogen and oxygen atoms in total. The molecule has 27 heavy (non-hydrogen) atoms. The largest absolute Gasteiger partial charge is 0.497 e. The second-order valence-corrected chi connectivity index (χ2v) is 5.81. The zero-order valence-corrected chi connectivity index (χ0v) is 15.3. The Labute approximate surface area is 156 Å². The molecule has 0 aliphatic heterocycles. The van der Waals surface area contributed by atoms with Crippen LogP contribution in [0.3, 0.4) is 0 Å². The average Bonchev–Trinajstić information content (AvgIpc) is 3.10. The zero-order chi connectivity index (χ0) is 19.4. The minimum absolute atomic E-state index is 0.350. The van der Waals surface area contributed by atoms with Gasteiger partial charge in [-0.3, -0.25) is 9.89 Å². The van der Waals surface area contributed by atoms with Gasteiger partial charge in [0.25, 0.3) is 5.91 Å². The molecule has 1 aromatic heterocycles. The number of H-pyrrole nitrogens is 1. The summed E-state index contributed by atoms with van der Waals surface area (Å²) in [5, 5.41) is 10.2. The first kappa shape index (κ1) is 18.4. The van der Waals surface area contributed by atoms with E-state index in [0.717, 1.165) is 5.69 Å². The van der Waals surface area contributed by atoms with E-state index < -0.39 is 5.82 Å². The molecular formula is C20H20FN3O3. The summed E-state index contributed by atoms with van der Waals surface area (Å²) in [6.07, 6.45) is 0.637. The summed E-state index contributed by atoms with van der Waals surface area (Å²) in [4.78, 5) is 12.6. The number of halogens is 1. The van der Waals surface area contributed by atoms with Crippen molar-refractivity contribution in [3.8, 4) is 22.8 Å². The van der Waals surface area contributed by atoms with Crippen molar-refractivity contribution in [2.45, 2.75) is 13.3 Å². The monoisotopic (exact) mass is 369 g/mol. The molecule has 3 rings (SSSR count). The van der Waals surface area contributed by atoms with Crippen LogP contribution in [-0.2, 0) is 6.42 Å². The summed E-state index contributed by atoms with van der Waals surface area (Å²) < 4.78 is 23.8. The molecule has 0 saturated heterocycles. The summed E-state index contributed by atoms with van der Waals surface area (Å²) >= 11 is 0. The van der Waals surface area contributed by atoms with Gasteiger partial charge in [-0.1, -0.05) is 6.92 Å². The lowest BCUT2D eigenvalue weighted by Gasteiger charge is -2.12. The van der Waals surface area contributed by atoms with Crippen LogP contribution < -0.4 is 14.8 Å². The normalized spacial score (nSPS) is 10.5.